The number of amides is 1. The maximum Gasteiger partial charge on any atom is 0.267 e. The van der Waals surface area contributed by atoms with Crippen molar-refractivity contribution < 1.29 is 14.3 Å². The number of aryl methyl sites for hydroxylation is 1. The highest BCUT2D eigenvalue weighted by atomic mass is 19.1. The normalized spacial score (nSPS) is 15.6. The van der Waals surface area contributed by atoms with Gasteiger partial charge in [-0.25, -0.2) is 4.39 Å². The van der Waals surface area contributed by atoms with Crippen LogP contribution >= 0.6 is 0 Å². The number of aromatic amines is 1. The minimum atomic E-state index is -0.689. The van der Waals surface area contributed by atoms with Crippen LogP contribution in [0.15, 0.2) is 47.3 Å². The maximum atomic E-state index is 14.1. The van der Waals surface area contributed by atoms with E-state index in [0.29, 0.717) is 23.9 Å². The number of para-hydroxylation sites is 1. The van der Waals surface area contributed by atoms with E-state index in [-0.39, 0.29) is 23.5 Å². The second-order valence-electron chi connectivity index (χ2n) is 7.81. The number of aromatic nitrogens is 2. The smallest absolute Gasteiger partial charge is 0.267 e. The molecule has 0 spiro atoms. The molecule has 30 heavy (non-hydrogen) atoms. The molecule has 152 valence electrons. The average molecular weight is 405 g/mol. The van der Waals surface area contributed by atoms with Crippen molar-refractivity contribution in [2.24, 2.45) is 0 Å². The molecular weight excluding hydrogens is 385 g/mol. The lowest BCUT2D eigenvalue weighted by Crippen LogP contribution is -2.36. The third-order valence-electron chi connectivity index (χ3n) is 5.84. The second-order valence-corrected chi connectivity index (χ2v) is 7.81. The average Bonchev–Trinajstić information content (AvgIpc) is 3.14. The number of benzene rings is 2. The third kappa shape index (κ3) is 2.77. The monoisotopic (exact) mass is 405 g/mol. The Balaban J connectivity index is 1.56. The molecule has 1 unspecified atom stereocenters. The van der Waals surface area contributed by atoms with E-state index in [1.807, 2.05) is 37.3 Å². The number of fused-ring (bicyclic) bond motifs is 1. The summed E-state index contributed by atoms with van der Waals surface area (Å²) in [6.45, 7) is 2.05. The first-order chi connectivity index (χ1) is 14.4. The van der Waals surface area contributed by atoms with Crippen LogP contribution in [0.25, 0.3) is 21.8 Å². The summed E-state index contributed by atoms with van der Waals surface area (Å²) in [6, 6.07) is 12.0. The van der Waals surface area contributed by atoms with Crippen LogP contribution in [0.4, 0.5) is 4.39 Å². The molecule has 1 atom stereocenters. The molecule has 7 heteroatoms. The molecule has 5 rings (SSSR count). The van der Waals surface area contributed by atoms with Crippen LogP contribution in [0, 0.1) is 5.82 Å². The number of nitrogens with one attached hydrogen (secondary N) is 2. The lowest BCUT2D eigenvalue weighted by molar-refractivity contribution is 0.0945. The van der Waals surface area contributed by atoms with Crippen LogP contribution in [0.1, 0.15) is 41.0 Å². The summed E-state index contributed by atoms with van der Waals surface area (Å²) in [5, 5.41) is 14.6. The highest BCUT2D eigenvalue weighted by Gasteiger charge is 2.28. The van der Waals surface area contributed by atoms with Gasteiger partial charge in [0.1, 0.15) is 17.1 Å². The van der Waals surface area contributed by atoms with Gasteiger partial charge in [-0.3, -0.25) is 9.59 Å². The predicted octanol–water partition coefficient (Wildman–Crippen LogP) is 3.76. The molecule has 4 aromatic rings. The minimum absolute atomic E-state index is 0.154. The summed E-state index contributed by atoms with van der Waals surface area (Å²) < 4.78 is 15.6. The van der Waals surface area contributed by atoms with Crippen LogP contribution in [-0.4, -0.2) is 20.6 Å². The zero-order valence-electron chi connectivity index (χ0n) is 16.3. The Labute approximate surface area is 171 Å². The molecular formula is C23H20FN3O3. The van der Waals surface area contributed by atoms with Crippen molar-refractivity contribution in [2.45, 2.75) is 32.4 Å². The van der Waals surface area contributed by atoms with E-state index < -0.39 is 23.0 Å². The molecule has 2 aromatic heterocycles. The van der Waals surface area contributed by atoms with Crippen molar-refractivity contribution >= 4 is 27.7 Å². The Morgan fingerprint density at radius 1 is 1.30 bits per heavy atom. The zero-order chi connectivity index (χ0) is 21.0. The number of pyridine rings is 1. The summed E-state index contributed by atoms with van der Waals surface area (Å²) in [7, 11) is 0. The Bertz CT molecular complexity index is 1350. The number of aromatic hydroxyl groups is 1. The lowest BCUT2D eigenvalue weighted by Gasteiger charge is -2.26. The Morgan fingerprint density at radius 2 is 2.10 bits per heavy atom. The molecule has 0 fully saturated rings. The van der Waals surface area contributed by atoms with Crippen molar-refractivity contribution in [3.05, 3.63) is 75.5 Å². The molecule has 1 aliphatic heterocycles. The Hall–Kier alpha value is -3.61. The van der Waals surface area contributed by atoms with Crippen LogP contribution in [0.5, 0.6) is 5.75 Å². The molecule has 0 aliphatic carbocycles. The summed E-state index contributed by atoms with van der Waals surface area (Å²) in [5.41, 5.74) is 1.97. The number of halogens is 1. The number of nitrogens with zero attached hydrogens (tertiary/aromatic N) is 1. The van der Waals surface area contributed by atoms with Gasteiger partial charge < -0.3 is 20.0 Å². The molecule has 6 nitrogen and oxygen atoms in total. The Morgan fingerprint density at radius 3 is 2.90 bits per heavy atom. The number of hydrogen-bond acceptors (Lipinski definition) is 3. The van der Waals surface area contributed by atoms with Crippen LogP contribution in [-0.2, 0) is 13.0 Å². The molecule has 1 amide bonds. The highest BCUT2D eigenvalue weighted by molar-refractivity contribution is 6.03. The molecule has 2 aromatic carbocycles. The summed E-state index contributed by atoms with van der Waals surface area (Å²) in [5.74, 6) is -1.67. The first-order valence-corrected chi connectivity index (χ1v) is 9.88. The summed E-state index contributed by atoms with van der Waals surface area (Å²) in [4.78, 5) is 29.2. The maximum absolute atomic E-state index is 14.1. The van der Waals surface area contributed by atoms with Gasteiger partial charge in [0.15, 0.2) is 0 Å². The number of H-pyrrole nitrogens is 1. The van der Waals surface area contributed by atoms with E-state index in [9.17, 15) is 19.1 Å². The topological polar surface area (TPSA) is 87.1 Å². The van der Waals surface area contributed by atoms with Gasteiger partial charge in [0, 0.05) is 22.6 Å². The van der Waals surface area contributed by atoms with E-state index in [0.717, 1.165) is 16.6 Å². The van der Waals surface area contributed by atoms with Gasteiger partial charge in [0.05, 0.1) is 12.1 Å². The third-order valence-corrected chi connectivity index (χ3v) is 5.84. The zero-order valence-corrected chi connectivity index (χ0v) is 16.3. The fourth-order valence-electron chi connectivity index (χ4n) is 4.38. The van der Waals surface area contributed by atoms with Crippen molar-refractivity contribution in [3.8, 4) is 5.75 Å². The van der Waals surface area contributed by atoms with Crippen LogP contribution < -0.4 is 10.9 Å². The first kappa shape index (κ1) is 18.4. The molecule has 0 saturated heterocycles. The number of carbonyl (C=O) groups is 1. The molecule has 3 N–H and O–H groups in total. The standard InChI is InChI=1S/C23H20FN3O3/c1-12-6-7-14-8-15(24)10-17-20(14)27(12)23(30)19(21(17)28)22(29)25-11-16-9-13-4-2-3-5-18(13)26-16/h2-5,8-10,12,26,28H,6-7,11H2,1H3,(H,25,29). The summed E-state index contributed by atoms with van der Waals surface area (Å²) >= 11 is 0. The van der Waals surface area contributed by atoms with Gasteiger partial charge in [-0.2, -0.15) is 0 Å². The minimum Gasteiger partial charge on any atom is -0.506 e. The largest absolute Gasteiger partial charge is 0.506 e. The van der Waals surface area contributed by atoms with E-state index in [2.05, 4.69) is 10.3 Å². The second kappa shape index (κ2) is 6.73. The van der Waals surface area contributed by atoms with E-state index in [4.69, 9.17) is 0 Å². The predicted molar refractivity (Wildman–Crippen MR) is 112 cm³/mol. The lowest BCUT2D eigenvalue weighted by atomic mass is 9.95. The van der Waals surface area contributed by atoms with E-state index >= 15 is 0 Å². The van der Waals surface area contributed by atoms with Gasteiger partial charge in [-0.15, -0.1) is 0 Å². The van der Waals surface area contributed by atoms with E-state index in [1.54, 1.807) is 0 Å². The van der Waals surface area contributed by atoms with Gasteiger partial charge in [-0.1, -0.05) is 18.2 Å². The molecule has 0 radical (unpaired) electrons. The van der Waals surface area contributed by atoms with Crippen LogP contribution in [0.3, 0.4) is 0 Å². The van der Waals surface area contributed by atoms with Gasteiger partial charge in [0.25, 0.3) is 11.5 Å². The fourth-order valence-corrected chi connectivity index (χ4v) is 4.38. The molecule has 0 bridgehead atoms. The first-order valence-electron chi connectivity index (χ1n) is 9.88. The Kier molecular flexibility index (Phi) is 4.13. The van der Waals surface area contributed by atoms with Gasteiger partial charge >= 0.3 is 0 Å². The van der Waals surface area contributed by atoms with Gasteiger partial charge in [-0.05, 0) is 55.0 Å². The molecule has 1 aliphatic rings. The number of hydrogen-bond donors (Lipinski definition) is 3. The van der Waals surface area contributed by atoms with Crippen molar-refractivity contribution in [1.82, 2.24) is 14.9 Å². The fraction of sp³-hybridized carbons (Fsp3) is 0.217. The summed E-state index contributed by atoms with van der Waals surface area (Å²) in [6.07, 6.45) is 1.27. The number of rotatable bonds is 3. The molecule has 3 heterocycles. The van der Waals surface area contributed by atoms with Crippen molar-refractivity contribution in [3.63, 3.8) is 0 Å². The highest BCUT2D eigenvalue weighted by Crippen LogP contribution is 2.35. The van der Waals surface area contributed by atoms with Crippen molar-refractivity contribution in [1.29, 1.82) is 0 Å². The SMILES string of the molecule is CC1CCc2cc(F)cc3c(O)c(C(=O)NCc4cc5ccccc5[nH]4)c(=O)n1c23. The quantitative estimate of drug-likeness (QED) is 0.485. The van der Waals surface area contributed by atoms with Crippen LogP contribution in [0.2, 0.25) is 0 Å². The van der Waals surface area contributed by atoms with Gasteiger partial charge in [0.2, 0.25) is 0 Å². The van der Waals surface area contributed by atoms with Crippen molar-refractivity contribution in [2.75, 3.05) is 0 Å². The van der Waals surface area contributed by atoms with E-state index in [1.165, 1.54) is 16.7 Å². The molecule has 0 saturated carbocycles. The number of carbonyl (C=O) groups excluding carboxylic acids is 1.